The van der Waals surface area contributed by atoms with Gasteiger partial charge in [0.25, 0.3) is 0 Å². The van der Waals surface area contributed by atoms with Crippen LogP contribution in [-0.4, -0.2) is 31.0 Å². The molecular weight excluding hydrogens is 336 g/mol. The van der Waals surface area contributed by atoms with Crippen LogP contribution in [0.1, 0.15) is 29.7 Å². The van der Waals surface area contributed by atoms with Gasteiger partial charge in [-0.3, -0.25) is 5.10 Å². The summed E-state index contributed by atoms with van der Waals surface area (Å²) in [5, 5.41) is 16.7. The summed E-state index contributed by atoms with van der Waals surface area (Å²) in [6, 6.07) is 7.67. The fourth-order valence-electron chi connectivity index (χ4n) is 3.04. The van der Waals surface area contributed by atoms with Crippen molar-refractivity contribution < 1.29 is 18.9 Å². The molecule has 1 aliphatic heterocycles. The number of methoxy groups -OCH3 is 2. The number of nitrogens with two attached hydrogens (primary N) is 1. The number of allylic oxidation sites excluding steroid dienone is 1. The zero-order valence-corrected chi connectivity index (χ0v) is 14.8. The molecule has 2 aromatic rings. The van der Waals surface area contributed by atoms with E-state index in [1.807, 2.05) is 19.1 Å². The van der Waals surface area contributed by atoms with Gasteiger partial charge in [0, 0.05) is 7.11 Å². The lowest BCUT2D eigenvalue weighted by molar-refractivity contribution is 0.180. The van der Waals surface area contributed by atoms with Crippen molar-refractivity contribution >= 4 is 0 Å². The van der Waals surface area contributed by atoms with Crippen molar-refractivity contribution in [2.75, 3.05) is 20.8 Å². The fraction of sp³-hybridized carbons (Fsp3) is 0.333. The van der Waals surface area contributed by atoms with Gasteiger partial charge in [-0.1, -0.05) is 6.07 Å². The maximum atomic E-state index is 9.66. The van der Waals surface area contributed by atoms with E-state index in [-0.39, 0.29) is 5.88 Å². The molecule has 1 aromatic carbocycles. The highest BCUT2D eigenvalue weighted by Crippen LogP contribution is 2.44. The number of benzene rings is 1. The molecule has 26 heavy (non-hydrogen) atoms. The van der Waals surface area contributed by atoms with Crippen LogP contribution in [0.15, 0.2) is 29.7 Å². The summed E-state index contributed by atoms with van der Waals surface area (Å²) in [7, 11) is 3.16. The lowest BCUT2D eigenvalue weighted by Crippen LogP contribution is -2.21. The zero-order valence-electron chi connectivity index (χ0n) is 14.8. The number of H-pyrrole nitrogens is 1. The van der Waals surface area contributed by atoms with Crippen molar-refractivity contribution in [1.82, 2.24) is 10.2 Å². The molecule has 2 heterocycles. The average molecular weight is 356 g/mol. The van der Waals surface area contributed by atoms with Crippen molar-refractivity contribution in [3.63, 3.8) is 0 Å². The standard InChI is InChI=1S/C18H20N4O4/c1-4-25-14-7-10(5-6-13(14)24-3)15-11(8-19)17(20)26-18-16(15)12(9-23-2)21-22-18/h5-7,15H,4,9,20H2,1-3H3,(H,21,22). The monoisotopic (exact) mass is 356 g/mol. The zero-order chi connectivity index (χ0) is 18.7. The van der Waals surface area contributed by atoms with Crippen molar-refractivity contribution in [3.8, 4) is 23.4 Å². The quantitative estimate of drug-likeness (QED) is 0.815. The Labute approximate surface area is 151 Å². The highest BCUT2D eigenvalue weighted by Gasteiger charge is 2.35. The van der Waals surface area contributed by atoms with Gasteiger partial charge in [0.1, 0.15) is 11.6 Å². The number of rotatable bonds is 6. The van der Waals surface area contributed by atoms with Crippen molar-refractivity contribution in [2.45, 2.75) is 19.4 Å². The Balaban J connectivity index is 2.18. The molecular formula is C18H20N4O4. The molecule has 0 radical (unpaired) electrons. The molecule has 1 atom stereocenters. The van der Waals surface area contributed by atoms with Crippen LogP contribution in [0.5, 0.6) is 17.4 Å². The number of hydrogen-bond acceptors (Lipinski definition) is 7. The molecule has 0 fully saturated rings. The number of aromatic amines is 1. The summed E-state index contributed by atoms with van der Waals surface area (Å²) in [6.45, 7) is 2.68. The largest absolute Gasteiger partial charge is 0.493 e. The number of fused-ring (bicyclic) bond motifs is 1. The Bertz CT molecular complexity index is 882. The second-order valence-corrected chi connectivity index (χ2v) is 5.62. The topological polar surface area (TPSA) is 115 Å². The van der Waals surface area contributed by atoms with Crippen LogP contribution in [0.3, 0.4) is 0 Å². The summed E-state index contributed by atoms with van der Waals surface area (Å²) in [5.74, 6) is 1.13. The van der Waals surface area contributed by atoms with Crippen LogP contribution in [-0.2, 0) is 11.3 Å². The second-order valence-electron chi connectivity index (χ2n) is 5.62. The molecule has 8 nitrogen and oxygen atoms in total. The summed E-state index contributed by atoms with van der Waals surface area (Å²) in [6.07, 6.45) is 0. The van der Waals surface area contributed by atoms with Crippen molar-refractivity contribution in [2.24, 2.45) is 5.73 Å². The minimum Gasteiger partial charge on any atom is -0.493 e. The first kappa shape index (κ1) is 17.6. The third-order valence-corrected chi connectivity index (χ3v) is 4.13. The third kappa shape index (κ3) is 2.93. The van der Waals surface area contributed by atoms with Crippen LogP contribution >= 0.6 is 0 Å². The Morgan fingerprint density at radius 1 is 1.35 bits per heavy atom. The van der Waals surface area contributed by atoms with E-state index in [0.717, 1.165) is 16.8 Å². The SMILES string of the molecule is CCOc1cc(C2C(C#N)=C(N)Oc3n[nH]c(COC)c32)ccc1OC. The molecule has 0 amide bonds. The Morgan fingerprint density at radius 3 is 2.81 bits per heavy atom. The number of nitrogens with one attached hydrogen (secondary N) is 1. The molecule has 3 rings (SSSR count). The smallest absolute Gasteiger partial charge is 0.244 e. The lowest BCUT2D eigenvalue weighted by atomic mass is 9.84. The maximum Gasteiger partial charge on any atom is 0.244 e. The van der Waals surface area contributed by atoms with E-state index in [0.29, 0.717) is 36.2 Å². The molecule has 1 aromatic heterocycles. The summed E-state index contributed by atoms with van der Waals surface area (Å²) < 4.78 is 21.8. The molecule has 0 saturated carbocycles. The lowest BCUT2D eigenvalue weighted by Gasteiger charge is -2.24. The molecule has 0 bridgehead atoms. The molecule has 0 spiro atoms. The minimum absolute atomic E-state index is 0.0363. The van der Waals surface area contributed by atoms with Gasteiger partial charge >= 0.3 is 0 Å². The Kier molecular flexibility index (Phi) is 5.00. The Hall–Kier alpha value is -3.18. The van der Waals surface area contributed by atoms with Crippen LogP contribution in [0.2, 0.25) is 0 Å². The van der Waals surface area contributed by atoms with Gasteiger partial charge in [-0.25, -0.2) is 0 Å². The van der Waals surface area contributed by atoms with E-state index in [9.17, 15) is 5.26 Å². The first-order chi connectivity index (χ1) is 12.6. The predicted molar refractivity (Wildman–Crippen MR) is 92.8 cm³/mol. The molecule has 0 saturated heterocycles. The van der Waals surface area contributed by atoms with Gasteiger partial charge in [0.05, 0.1) is 37.5 Å². The third-order valence-electron chi connectivity index (χ3n) is 4.13. The van der Waals surface area contributed by atoms with Gasteiger partial charge in [-0.15, -0.1) is 5.10 Å². The normalized spacial score (nSPS) is 15.8. The molecule has 8 heteroatoms. The molecule has 0 aliphatic carbocycles. The van der Waals surface area contributed by atoms with Gasteiger partial charge in [0.2, 0.25) is 11.8 Å². The van der Waals surface area contributed by atoms with Crippen LogP contribution in [0.4, 0.5) is 0 Å². The molecule has 1 unspecified atom stereocenters. The second kappa shape index (κ2) is 7.37. The number of aromatic nitrogens is 2. The molecule has 136 valence electrons. The van der Waals surface area contributed by atoms with E-state index in [4.69, 9.17) is 24.7 Å². The summed E-state index contributed by atoms with van der Waals surface area (Å²) in [5.41, 5.74) is 8.54. The first-order valence-corrected chi connectivity index (χ1v) is 8.08. The number of nitrogens with zero attached hydrogens (tertiary/aromatic N) is 2. The average Bonchev–Trinajstić information content (AvgIpc) is 3.03. The van der Waals surface area contributed by atoms with Crippen molar-refractivity contribution in [3.05, 3.63) is 46.5 Å². The molecule has 1 aliphatic rings. The first-order valence-electron chi connectivity index (χ1n) is 8.08. The van der Waals surface area contributed by atoms with Crippen molar-refractivity contribution in [1.29, 1.82) is 5.26 Å². The number of hydrogen-bond donors (Lipinski definition) is 2. The summed E-state index contributed by atoms with van der Waals surface area (Å²) >= 11 is 0. The van der Waals surface area contributed by atoms with Gasteiger partial charge in [-0.2, -0.15) is 5.26 Å². The van der Waals surface area contributed by atoms with E-state index < -0.39 is 5.92 Å². The Morgan fingerprint density at radius 2 is 2.15 bits per heavy atom. The van der Waals surface area contributed by atoms with E-state index >= 15 is 0 Å². The molecule has 3 N–H and O–H groups in total. The van der Waals surface area contributed by atoms with E-state index in [1.165, 1.54) is 0 Å². The van der Waals surface area contributed by atoms with Gasteiger partial charge in [-0.05, 0) is 24.6 Å². The van der Waals surface area contributed by atoms with Gasteiger partial charge < -0.3 is 24.7 Å². The number of ether oxygens (including phenoxy) is 4. The van der Waals surface area contributed by atoms with Crippen LogP contribution in [0, 0.1) is 11.3 Å². The maximum absolute atomic E-state index is 9.66. The van der Waals surface area contributed by atoms with E-state index in [2.05, 4.69) is 16.3 Å². The van der Waals surface area contributed by atoms with E-state index in [1.54, 1.807) is 20.3 Å². The predicted octanol–water partition coefficient (Wildman–Crippen LogP) is 2.18. The highest BCUT2D eigenvalue weighted by molar-refractivity contribution is 5.57. The van der Waals surface area contributed by atoms with Crippen LogP contribution < -0.4 is 19.9 Å². The summed E-state index contributed by atoms with van der Waals surface area (Å²) in [4.78, 5) is 0. The number of nitriles is 1. The highest BCUT2D eigenvalue weighted by atomic mass is 16.5. The fourth-order valence-corrected chi connectivity index (χ4v) is 3.04. The van der Waals surface area contributed by atoms with Gasteiger partial charge in [0.15, 0.2) is 11.5 Å². The van der Waals surface area contributed by atoms with Crippen LogP contribution in [0.25, 0.3) is 0 Å². The minimum atomic E-state index is -0.447.